The zero-order valence-corrected chi connectivity index (χ0v) is 11.0. The molecule has 0 saturated heterocycles. The van der Waals surface area contributed by atoms with Crippen molar-refractivity contribution in [1.29, 1.82) is 0 Å². The molecule has 0 fully saturated rings. The average molecular weight is 260 g/mol. The highest BCUT2D eigenvalue weighted by Gasteiger charge is 1.98. The van der Waals surface area contributed by atoms with Crippen molar-refractivity contribution in [3.8, 4) is 0 Å². The summed E-state index contributed by atoms with van der Waals surface area (Å²) in [6.45, 7) is 3.48. The van der Waals surface area contributed by atoms with E-state index in [4.69, 9.17) is 17.0 Å². The molecule has 0 saturated carbocycles. The quantitative estimate of drug-likeness (QED) is 0.407. The number of hydrogen-bond donors (Lipinski definition) is 3. The molecule has 16 heavy (non-hydrogen) atoms. The van der Waals surface area contributed by atoms with Crippen LogP contribution >= 0.6 is 23.8 Å². The van der Waals surface area contributed by atoms with E-state index in [1.165, 1.54) is 11.5 Å². The Balaban J connectivity index is 2.10. The maximum Gasteiger partial charge on any atom is 0.185 e. The summed E-state index contributed by atoms with van der Waals surface area (Å²) in [6, 6.07) is 1.95. The van der Waals surface area contributed by atoms with E-state index in [9.17, 15) is 0 Å². The lowest BCUT2D eigenvalue weighted by Crippen LogP contribution is -2.39. The number of nitrogens with one attached hydrogen (secondary N) is 3. The predicted molar refractivity (Wildman–Crippen MR) is 70.7 cm³/mol. The standard InChI is InChI=1S/C9H16N4OS2/c1-7-6-8(16-13-7)11-12-9(15)10-4-3-5-14-2/h6,11H,3-5H2,1-2H3,(H2,10,12,15). The van der Waals surface area contributed by atoms with Crippen LogP contribution < -0.4 is 16.2 Å². The fraction of sp³-hybridized carbons (Fsp3) is 0.556. The van der Waals surface area contributed by atoms with Gasteiger partial charge in [-0.25, -0.2) is 0 Å². The van der Waals surface area contributed by atoms with Gasteiger partial charge in [-0.05, 0) is 43.2 Å². The van der Waals surface area contributed by atoms with Gasteiger partial charge in [-0.15, -0.1) is 0 Å². The number of methoxy groups -OCH3 is 1. The molecule has 90 valence electrons. The van der Waals surface area contributed by atoms with Crippen molar-refractivity contribution in [2.24, 2.45) is 0 Å². The van der Waals surface area contributed by atoms with E-state index in [2.05, 4.69) is 20.5 Å². The van der Waals surface area contributed by atoms with Crippen LogP contribution in [0.1, 0.15) is 12.1 Å². The summed E-state index contributed by atoms with van der Waals surface area (Å²) in [5, 5.41) is 4.57. The van der Waals surface area contributed by atoms with Gasteiger partial charge >= 0.3 is 0 Å². The SMILES string of the molecule is COCCCNC(=S)NNc1cc(C)ns1. The van der Waals surface area contributed by atoms with E-state index in [1.54, 1.807) is 7.11 Å². The number of rotatable bonds is 6. The summed E-state index contributed by atoms with van der Waals surface area (Å²) in [5.74, 6) is 0. The van der Waals surface area contributed by atoms with Crippen LogP contribution in [0.3, 0.4) is 0 Å². The second-order valence-electron chi connectivity index (χ2n) is 3.18. The first-order valence-corrected chi connectivity index (χ1v) is 6.12. The minimum Gasteiger partial charge on any atom is -0.385 e. The molecule has 5 nitrogen and oxygen atoms in total. The first-order chi connectivity index (χ1) is 7.72. The number of anilines is 1. The van der Waals surface area contributed by atoms with Gasteiger partial charge in [0.15, 0.2) is 5.11 Å². The van der Waals surface area contributed by atoms with Crippen LogP contribution in [0.5, 0.6) is 0 Å². The largest absolute Gasteiger partial charge is 0.385 e. The number of ether oxygens (including phenoxy) is 1. The summed E-state index contributed by atoms with van der Waals surface area (Å²) >= 11 is 6.46. The van der Waals surface area contributed by atoms with Crippen molar-refractivity contribution in [2.75, 3.05) is 25.7 Å². The second-order valence-corrected chi connectivity index (χ2v) is 4.40. The number of nitrogens with zero attached hydrogens (tertiary/aromatic N) is 1. The minimum absolute atomic E-state index is 0.571. The Bertz CT molecular complexity index is 329. The van der Waals surface area contributed by atoms with Crippen LogP contribution in [0, 0.1) is 6.92 Å². The average Bonchev–Trinajstić information content (AvgIpc) is 2.68. The van der Waals surface area contributed by atoms with Gasteiger partial charge in [0, 0.05) is 20.3 Å². The molecule has 0 aliphatic rings. The Hall–Kier alpha value is -0.920. The molecule has 3 N–H and O–H groups in total. The summed E-state index contributed by atoms with van der Waals surface area (Å²) in [7, 11) is 1.68. The molecule has 0 atom stereocenters. The molecule has 0 spiro atoms. The highest BCUT2D eigenvalue weighted by molar-refractivity contribution is 7.80. The number of aromatic nitrogens is 1. The number of thiocarbonyl (C=S) groups is 1. The summed E-state index contributed by atoms with van der Waals surface area (Å²) in [6.07, 6.45) is 0.929. The topological polar surface area (TPSA) is 58.2 Å². The maximum atomic E-state index is 5.07. The Kier molecular flexibility index (Phi) is 6.05. The Morgan fingerprint density at radius 1 is 1.62 bits per heavy atom. The highest BCUT2D eigenvalue weighted by Crippen LogP contribution is 2.13. The van der Waals surface area contributed by atoms with Crippen molar-refractivity contribution in [3.63, 3.8) is 0 Å². The van der Waals surface area contributed by atoms with Crippen molar-refractivity contribution in [1.82, 2.24) is 15.1 Å². The van der Waals surface area contributed by atoms with Gasteiger partial charge in [0.1, 0.15) is 5.00 Å². The molecule has 1 rings (SSSR count). The first kappa shape index (κ1) is 13.1. The molecule has 0 unspecified atom stereocenters. The normalized spacial score (nSPS) is 9.88. The van der Waals surface area contributed by atoms with Gasteiger partial charge in [-0.3, -0.25) is 10.9 Å². The maximum absolute atomic E-state index is 5.07. The van der Waals surface area contributed by atoms with Crippen LogP contribution in [-0.4, -0.2) is 29.7 Å². The summed E-state index contributed by atoms with van der Waals surface area (Å²) in [5.41, 5.74) is 6.86. The van der Waals surface area contributed by atoms with Gasteiger partial charge in [-0.2, -0.15) is 4.37 Å². The third kappa shape index (κ3) is 5.24. The summed E-state index contributed by atoms with van der Waals surface area (Å²) in [4.78, 5) is 0. The molecule has 0 radical (unpaired) electrons. The van der Waals surface area contributed by atoms with Crippen LogP contribution in [0.25, 0.3) is 0 Å². The lowest BCUT2D eigenvalue weighted by molar-refractivity contribution is 0.195. The molecule has 0 aromatic carbocycles. The first-order valence-electron chi connectivity index (χ1n) is 4.94. The van der Waals surface area contributed by atoms with Gasteiger partial charge < -0.3 is 10.1 Å². The van der Waals surface area contributed by atoms with Crippen LogP contribution in [0.4, 0.5) is 5.00 Å². The molecule has 0 bridgehead atoms. The number of hydrazine groups is 1. The minimum atomic E-state index is 0.571. The van der Waals surface area contributed by atoms with E-state index in [-0.39, 0.29) is 0 Å². The predicted octanol–water partition coefficient (Wildman–Crippen LogP) is 1.28. The van der Waals surface area contributed by atoms with Crippen molar-refractivity contribution < 1.29 is 4.74 Å². The van der Waals surface area contributed by atoms with Crippen LogP contribution in [0.15, 0.2) is 6.07 Å². The Labute approximate surface area is 105 Å². The van der Waals surface area contributed by atoms with Gasteiger partial charge in [0.2, 0.25) is 0 Å². The number of aryl methyl sites for hydroxylation is 1. The van der Waals surface area contributed by atoms with E-state index in [0.717, 1.165) is 30.3 Å². The molecule has 1 heterocycles. The third-order valence-corrected chi connectivity index (χ3v) is 2.78. The van der Waals surface area contributed by atoms with E-state index in [1.807, 2.05) is 13.0 Å². The Morgan fingerprint density at radius 2 is 2.44 bits per heavy atom. The molecular formula is C9H16N4OS2. The van der Waals surface area contributed by atoms with Gasteiger partial charge in [-0.1, -0.05) is 0 Å². The van der Waals surface area contributed by atoms with E-state index < -0.39 is 0 Å². The van der Waals surface area contributed by atoms with Gasteiger partial charge in [0.05, 0.1) is 5.69 Å². The van der Waals surface area contributed by atoms with E-state index >= 15 is 0 Å². The molecule has 1 aromatic heterocycles. The summed E-state index contributed by atoms with van der Waals surface area (Å²) < 4.78 is 9.07. The molecule has 1 aromatic rings. The monoisotopic (exact) mass is 260 g/mol. The molecule has 0 aliphatic heterocycles. The number of hydrogen-bond acceptors (Lipinski definition) is 5. The fourth-order valence-corrected chi connectivity index (χ4v) is 1.77. The fourth-order valence-electron chi connectivity index (χ4n) is 1.00. The molecular weight excluding hydrogens is 244 g/mol. The van der Waals surface area contributed by atoms with Crippen molar-refractivity contribution in [2.45, 2.75) is 13.3 Å². The highest BCUT2D eigenvalue weighted by atomic mass is 32.1. The molecule has 0 amide bonds. The Morgan fingerprint density at radius 3 is 3.06 bits per heavy atom. The van der Waals surface area contributed by atoms with Crippen LogP contribution in [0.2, 0.25) is 0 Å². The molecule has 7 heteroatoms. The third-order valence-electron chi connectivity index (χ3n) is 1.74. The van der Waals surface area contributed by atoms with Crippen LogP contribution in [-0.2, 0) is 4.74 Å². The zero-order chi connectivity index (χ0) is 11.8. The smallest absolute Gasteiger partial charge is 0.185 e. The molecule has 0 aliphatic carbocycles. The van der Waals surface area contributed by atoms with Gasteiger partial charge in [0.25, 0.3) is 0 Å². The lowest BCUT2D eigenvalue weighted by Gasteiger charge is -2.10. The lowest BCUT2D eigenvalue weighted by atomic mass is 10.4. The second kappa shape index (κ2) is 7.37. The van der Waals surface area contributed by atoms with E-state index in [0.29, 0.717) is 5.11 Å². The zero-order valence-electron chi connectivity index (χ0n) is 9.37. The van der Waals surface area contributed by atoms with Crippen molar-refractivity contribution in [3.05, 3.63) is 11.8 Å². The van der Waals surface area contributed by atoms with Crippen molar-refractivity contribution >= 4 is 33.9 Å².